The standard InChI is InChI=1S/C24H32N4O3/c1-25-24(26-16-18-9-11-19(12-10-18)23(29)31-3)27-17-22(28-13-4-5-14-28)20-7-6-8-21(15-20)30-2/h6-12,15,22H,4-5,13-14,16-17H2,1-3H3,(H2,25,26,27). The Kier molecular flexibility index (Phi) is 8.29. The maximum atomic E-state index is 11.6. The van der Waals surface area contributed by atoms with E-state index in [1.807, 2.05) is 24.3 Å². The van der Waals surface area contributed by atoms with Crippen LogP contribution in [0.25, 0.3) is 0 Å². The van der Waals surface area contributed by atoms with E-state index in [1.165, 1.54) is 25.5 Å². The smallest absolute Gasteiger partial charge is 0.337 e. The Bertz CT molecular complexity index is 877. The van der Waals surface area contributed by atoms with Crippen molar-refractivity contribution in [3.8, 4) is 5.75 Å². The molecule has 1 saturated heterocycles. The summed E-state index contributed by atoms with van der Waals surface area (Å²) in [4.78, 5) is 18.5. The Labute approximate surface area is 184 Å². The van der Waals surface area contributed by atoms with Gasteiger partial charge in [-0.25, -0.2) is 4.79 Å². The van der Waals surface area contributed by atoms with Crippen molar-refractivity contribution in [2.75, 3.05) is 40.9 Å². The number of carbonyl (C=O) groups is 1. The van der Waals surface area contributed by atoms with E-state index in [-0.39, 0.29) is 12.0 Å². The molecule has 0 aliphatic carbocycles. The number of hydrogen-bond donors (Lipinski definition) is 2. The number of rotatable bonds is 8. The molecule has 2 aromatic rings. The number of methoxy groups -OCH3 is 2. The van der Waals surface area contributed by atoms with Gasteiger partial charge in [0.05, 0.1) is 25.8 Å². The minimum absolute atomic E-state index is 0.246. The first-order valence-corrected chi connectivity index (χ1v) is 10.6. The van der Waals surface area contributed by atoms with Crippen LogP contribution in [0, 0.1) is 0 Å². The Morgan fingerprint density at radius 1 is 1.10 bits per heavy atom. The minimum atomic E-state index is -0.331. The molecule has 2 N–H and O–H groups in total. The number of aliphatic imine (C=N–C) groups is 1. The third-order valence-corrected chi connectivity index (χ3v) is 5.58. The number of esters is 1. The molecule has 7 heteroatoms. The van der Waals surface area contributed by atoms with Crippen LogP contribution in [0.2, 0.25) is 0 Å². The van der Waals surface area contributed by atoms with Crippen molar-refractivity contribution >= 4 is 11.9 Å². The van der Waals surface area contributed by atoms with Gasteiger partial charge in [-0.1, -0.05) is 24.3 Å². The molecule has 3 rings (SSSR count). The van der Waals surface area contributed by atoms with Crippen LogP contribution in [0.3, 0.4) is 0 Å². The molecule has 1 aliphatic heterocycles. The fraction of sp³-hybridized carbons (Fsp3) is 0.417. The monoisotopic (exact) mass is 424 g/mol. The van der Waals surface area contributed by atoms with Crippen LogP contribution in [0.1, 0.15) is 40.4 Å². The number of benzene rings is 2. The number of hydrogen-bond acceptors (Lipinski definition) is 5. The zero-order chi connectivity index (χ0) is 22.1. The fourth-order valence-corrected chi connectivity index (χ4v) is 3.84. The molecule has 7 nitrogen and oxygen atoms in total. The van der Waals surface area contributed by atoms with Crippen LogP contribution in [-0.2, 0) is 11.3 Å². The van der Waals surface area contributed by atoms with E-state index in [4.69, 9.17) is 9.47 Å². The topological polar surface area (TPSA) is 75.2 Å². The van der Waals surface area contributed by atoms with Gasteiger partial charge in [-0.15, -0.1) is 0 Å². The van der Waals surface area contributed by atoms with E-state index in [0.717, 1.165) is 36.9 Å². The van der Waals surface area contributed by atoms with Crippen molar-refractivity contribution in [1.29, 1.82) is 0 Å². The van der Waals surface area contributed by atoms with Crippen LogP contribution < -0.4 is 15.4 Å². The van der Waals surface area contributed by atoms with Crippen LogP contribution >= 0.6 is 0 Å². The molecule has 0 spiro atoms. The zero-order valence-corrected chi connectivity index (χ0v) is 18.6. The van der Waals surface area contributed by atoms with Gasteiger partial charge in [0, 0.05) is 20.1 Å². The normalized spacial score (nSPS) is 15.4. The van der Waals surface area contributed by atoms with Crippen LogP contribution in [0.5, 0.6) is 5.75 Å². The predicted octanol–water partition coefficient (Wildman–Crippen LogP) is 2.98. The van der Waals surface area contributed by atoms with Gasteiger partial charge >= 0.3 is 5.97 Å². The summed E-state index contributed by atoms with van der Waals surface area (Å²) in [5, 5.41) is 6.82. The van der Waals surface area contributed by atoms with Gasteiger partial charge in [-0.2, -0.15) is 0 Å². The molecule has 1 aliphatic rings. The Hall–Kier alpha value is -3.06. The third-order valence-electron chi connectivity index (χ3n) is 5.58. The van der Waals surface area contributed by atoms with E-state index < -0.39 is 0 Å². The second kappa shape index (κ2) is 11.4. The lowest BCUT2D eigenvalue weighted by molar-refractivity contribution is 0.0600. The largest absolute Gasteiger partial charge is 0.497 e. The molecular formula is C24H32N4O3. The molecule has 1 atom stereocenters. The fourth-order valence-electron chi connectivity index (χ4n) is 3.84. The maximum absolute atomic E-state index is 11.6. The Morgan fingerprint density at radius 2 is 1.84 bits per heavy atom. The van der Waals surface area contributed by atoms with Crippen molar-refractivity contribution in [3.63, 3.8) is 0 Å². The second-order valence-corrected chi connectivity index (χ2v) is 7.53. The highest BCUT2D eigenvalue weighted by Crippen LogP contribution is 2.27. The van der Waals surface area contributed by atoms with E-state index in [2.05, 4.69) is 32.7 Å². The second-order valence-electron chi connectivity index (χ2n) is 7.53. The average Bonchev–Trinajstić information content (AvgIpc) is 3.35. The molecule has 0 aromatic heterocycles. The van der Waals surface area contributed by atoms with Crippen LogP contribution in [0.15, 0.2) is 53.5 Å². The molecule has 0 saturated carbocycles. The molecular weight excluding hydrogens is 392 g/mol. The molecule has 1 heterocycles. The highest BCUT2D eigenvalue weighted by atomic mass is 16.5. The number of carbonyl (C=O) groups excluding carboxylic acids is 1. The number of nitrogens with one attached hydrogen (secondary N) is 2. The van der Waals surface area contributed by atoms with Crippen molar-refractivity contribution < 1.29 is 14.3 Å². The van der Waals surface area contributed by atoms with Crippen molar-refractivity contribution in [1.82, 2.24) is 15.5 Å². The lowest BCUT2D eigenvalue weighted by atomic mass is 10.1. The van der Waals surface area contributed by atoms with Crippen molar-refractivity contribution in [2.45, 2.75) is 25.4 Å². The van der Waals surface area contributed by atoms with Crippen LogP contribution in [0.4, 0.5) is 0 Å². The summed E-state index contributed by atoms with van der Waals surface area (Å²) in [5.74, 6) is 1.28. The maximum Gasteiger partial charge on any atom is 0.337 e. The van der Waals surface area contributed by atoms with E-state index in [0.29, 0.717) is 12.1 Å². The van der Waals surface area contributed by atoms with Gasteiger partial charge in [0.2, 0.25) is 0 Å². The summed E-state index contributed by atoms with van der Waals surface area (Å²) in [6.07, 6.45) is 2.46. The first-order chi connectivity index (χ1) is 15.1. The molecule has 2 aromatic carbocycles. The van der Waals surface area contributed by atoms with Crippen molar-refractivity contribution in [3.05, 3.63) is 65.2 Å². The van der Waals surface area contributed by atoms with Gasteiger partial charge < -0.3 is 20.1 Å². The number of guanidine groups is 1. The molecule has 1 fully saturated rings. The van der Waals surface area contributed by atoms with Gasteiger partial charge in [0.25, 0.3) is 0 Å². The summed E-state index contributed by atoms with van der Waals surface area (Å²) in [6, 6.07) is 15.9. The van der Waals surface area contributed by atoms with Gasteiger partial charge in [-0.3, -0.25) is 9.89 Å². The van der Waals surface area contributed by atoms with E-state index in [1.54, 1.807) is 26.3 Å². The summed E-state index contributed by atoms with van der Waals surface area (Å²) >= 11 is 0. The molecule has 0 amide bonds. The summed E-state index contributed by atoms with van der Waals surface area (Å²) in [5.41, 5.74) is 2.84. The average molecular weight is 425 g/mol. The number of likely N-dealkylation sites (tertiary alicyclic amines) is 1. The number of ether oxygens (including phenoxy) is 2. The van der Waals surface area contributed by atoms with Gasteiger partial charge in [0.15, 0.2) is 5.96 Å². The Morgan fingerprint density at radius 3 is 2.48 bits per heavy atom. The summed E-state index contributed by atoms with van der Waals surface area (Å²) < 4.78 is 10.2. The molecule has 0 radical (unpaired) electrons. The SMILES string of the molecule is CN=C(NCc1ccc(C(=O)OC)cc1)NCC(c1cccc(OC)c1)N1CCCC1. The Balaban J connectivity index is 1.60. The summed E-state index contributed by atoms with van der Waals surface area (Å²) in [7, 11) is 4.85. The van der Waals surface area contributed by atoms with E-state index >= 15 is 0 Å². The molecule has 0 bridgehead atoms. The molecule has 166 valence electrons. The predicted molar refractivity (Wildman–Crippen MR) is 123 cm³/mol. The highest BCUT2D eigenvalue weighted by Gasteiger charge is 2.24. The molecule has 31 heavy (non-hydrogen) atoms. The first kappa shape index (κ1) is 22.6. The zero-order valence-electron chi connectivity index (χ0n) is 18.6. The van der Waals surface area contributed by atoms with Crippen molar-refractivity contribution in [2.24, 2.45) is 4.99 Å². The lowest BCUT2D eigenvalue weighted by Gasteiger charge is -2.29. The summed E-state index contributed by atoms with van der Waals surface area (Å²) in [6.45, 7) is 3.55. The minimum Gasteiger partial charge on any atom is -0.497 e. The van der Waals surface area contributed by atoms with Crippen LogP contribution in [-0.4, -0.2) is 57.7 Å². The van der Waals surface area contributed by atoms with Gasteiger partial charge in [-0.05, 0) is 61.3 Å². The van der Waals surface area contributed by atoms with E-state index in [9.17, 15) is 4.79 Å². The lowest BCUT2D eigenvalue weighted by Crippen LogP contribution is -2.42. The van der Waals surface area contributed by atoms with Gasteiger partial charge in [0.1, 0.15) is 5.75 Å². The third kappa shape index (κ3) is 6.21. The highest BCUT2D eigenvalue weighted by molar-refractivity contribution is 5.89. The quantitative estimate of drug-likeness (QED) is 0.386. The molecule has 1 unspecified atom stereocenters. The number of nitrogens with zero attached hydrogens (tertiary/aromatic N) is 2. The first-order valence-electron chi connectivity index (χ1n) is 10.6.